The number of hydrogen-bond donors (Lipinski definition) is 9. The van der Waals surface area contributed by atoms with Crippen molar-refractivity contribution in [2.24, 2.45) is 0 Å². The van der Waals surface area contributed by atoms with E-state index in [-0.39, 0.29) is 70.8 Å². The van der Waals surface area contributed by atoms with Gasteiger partial charge in [0.2, 0.25) is 0 Å². The third-order valence-electron chi connectivity index (χ3n) is 8.60. The molecule has 65 heavy (non-hydrogen) atoms. The standard InChI is InChI=1S/C19H24O4.C9H4O5.2C8H6O4.C2H6O2/c1-19(2,15-3-7-17(8-4-15)22-13-11-20)16-5-9-18(10-6-16)23-14-12-21;10-7(11)4-1-2-5-6(3-4)9(13)14-8(5)12;9-7(10)5-1-2-6(4-3-5)8(11)12;9-7(10)5-2-1-3-6(4-5)8(11)12;3-1-2-4/h3-10,20-21H,11-14H2,1-2H3;1-3H,(H,10,11);2*1-4H,(H,9,10)(H,11,12);3-4H,1-2H2. The van der Waals surface area contributed by atoms with Crippen LogP contribution in [0.4, 0.5) is 0 Å². The van der Waals surface area contributed by atoms with Crippen LogP contribution in [0.1, 0.15) is 97.5 Å². The molecular weight excluding hydrogens is 856 g/mol. The zero-order valence-corrected chi connectivity index (χ0v) is 34.8. The van der Waals surface area contributed by atoms with Crippen LogP contribution in [0.2, 0.25) is 0 Å². The average molecular weight is 903 g/mol. The summed E-state index contributed by atoms with van der Waals surface area (Å²) in [5.41, 5.74) is 2.41. The molecule has 0 radical (unpaired) electrons. The Balaban J connectivity index is 0.000000301. The number of carboxylic acids is 5. The van der Waals surface area contributed by atoms with Gasteiger partial charge in [-0.3, -0.25) is 0 Å². The lowest BCUT2D eigenvalue weighted by Gasteiger charge is -2.26. The van der Waals surface area contributed by atoms with E-state index >= 15 is 0 Å². The van der Waals surface area contributed by atoms with Crippen molar-refractivity contribution >= 4 is 41.8 Å². The van der Waals surface area contributed by atoms with Crippen molar-refractivity contribution in [2.45, 2.75) is 19.3 Å². The number of carbonyl (C=O) groups is 7. The summed E-state index contributed by atoms with van der Waals surface area (Å²) in [4.78, 5) is 74.0. The van der Waals surface area contributed by atoms with E-state index in [1.54, 1.807) is 0 Å². The number of esters is 2. The van der Waals surface area contributed by atoms with Crippen molar-refractivity contribution in [1.82, 2.24) is 0 Å². The topological polar surface area (TPSA) is 329 Å². The van der Waals surface area contributed by atoms with Gasteiger partial charge in [0, 0.05) is 5.41 Å². The van der Waals surface area contributed by atoms with Crippen LogP contribution in [0.3, 0.4) is 0 Å². The highest BCUT2D eigenvalue weighted by molar-refractivity contribution is 6.15. The molecule has 0 atom stereocenters. The molecule has 19 heteroatoms. The Bertz CT molecular complexity index is 2270. The van der Waals surface area contributed by atoms with Crippen LogP contribution < -0.4 is 9.47 Å². The third kappa shape index (κ3) is 17.0. The lowest BCUT2D eigenvalue weighted by Crippen LogP contribution is -2.18. The monoisotopic (exact) mass is 902 g/mol. The highest BCUT2D eigenvalue weighted by Gasteiger charge is 2.30. The Labute approximate surface area is 370 Å². The highest BCUT2D eigenvalue weighted by atomic mass is 16.6. The summed E-state index contributed by atoms with van der Waals surface area (Å²) in [5, 5.41) is 75.4. The van der Waals surface area contributed by atoms with Gasteiger partial charge in [-0.25, -0.2) is 33.6 Å². The van der Waals surface area contributed by atoms with Crippen molar-refractivity contribution in [3.8, 4) is 11.5 Å². The number of aliphatic hydroxyl groups is 4. The first-order chi connectivity index (χ1) is 30.8. The molecule has 19 nitrogen and oxygen atoms in total. The van der Waals surface area contributed by atoms with Crippen molar-refractivity contribution in [3.63, 3.8) is 0 Å². The maximum atomic E-state index is 11.0. The lowest BCUT2D eigenvalue weighted by atomic mass is 9.78. The van der Waals surface area contributed by atoms with Crippen LogP contribution in [-0.2, 0) is 10.2 Å². The van der Waals surface area contributed by atoms with Crippen LogP contribution in [0, 0.1) is 0 Å². The van der Waals surface area contributed by atoms with Gasteiger partial charge in [-0.2, -0.15) is 0 Å². The number of ether oxygens (including phenoxy) is 3. The first-order valence-electron chi connectivity index (χ1n) is 19.0. The predicted octanol–water partition coefficient (Wildman–Crippen LogP) is 4.59. The lowest BCUT2D eigenvalue weighted by molar-refractivity contribution is 0.0440. The third-order valence-corrected chi connectivity index (χ3v) is 8.60. The smallest absolute Gasteiger partial charge is 0.346 e. The summed E-state index contributed by atoms with van der Waals surface area (Å²) in [5.74, 6) is -5.55. The predicted molar refractivity (Wildman–Crippen MR) is 228 cm³/mol. The van der Waals surface area contributed by atoms with Crippen molar-refractivity contribution in [2.75, 3.05) is 39.6 Å². The normalized spacial score (nSPS) is 10.9. The minimum Gasteiger partial charge on any atom is -0.491 e. The Morgan fingerprint density at radius 2 is 0.785 bits per heavy atom. The highest BCUT2D eigenvalue weighted by Crippen LogP contribution is 2.33. The largest absolute Gasteiger partial charge is 0.491 e. The average Bonchev–Trinajstić information content (AvgIpc) is 3.59. The fraction of sp³-hybridized carbons (Fsp3) is 0.196. The van der Waals surface area contributed by atoms with Gasteiger partial charge in [-0.05, 0) is 96.1 Å². The summed E-state index contributed by atoms with van der Waals surface area (Å²) in [6.45, 7) is 4.71. The maximum Gasteiger partial charge on any atom is 0.346 e. The van der Waals surface area contributed by atoms with Crippen LogP contribution >= 0.6 is 0 Å². The molecule has 5 aromatic rings. The summed E-state index contributed by atoms with van der Waals surface area (Å²) in [6, 6.07) is 29.7. The van der Waals surface area contributed by atoms with Crippen LogP contribution in [0.5, 0.6) is 11.5 Å². The molecule has 0 saturated heterocycles. The van der Waals surface area contributed by atoms with Crippen molar-refractivity contribution < 1.29 is 93.7 Å². The Morgan fingerprint density at radius 1 is 0.446 bits per heavy atom. The van der Waals surface area contributed by atoms with Gasteiger partial charge in [0.05, 0.1) is 65.4 Å². The number of carboxylic acid groups (broad SMARTS) is 5. The minimum absolute atomic E-state index is 0.00917. The molecule has 9 N–H and O–H groups in total. The molecule has 0 saturated carbocycles. The quantitative estimate of drug-likeness (QED) is 0.0543. The molecular formula is C46H46O19. The number of hydrogen-bond acceptors (Lipinski definition) is 14. The molecule has 0 unspecified atom stereocenters. The molecule has 0 aromatic heterocycles. The number of aliphatic hydroxyl groups excluding tert-OH is 4. The van der Waals surface area contributed by atoms with E-state index in [0.29, 0.717) is 13.2 Å². The van der Waals surface area contributed by atoms with Crippen molar-refractivity contribution in [1.29, 1.82) is 0 Å². The Hall–Kier alpha value is -7.97. The number of aromatic carboxylic acids is 5. The molecule has 0 fully saturated rings. The molecule has 0 spiro atoms. The molecule has 6 rings (SSSR count). The van der Waals surface area contributed by atoms with Crippen LogP contribution in [0.25, 0.3) is 0 Å². The number of carbonyl (C=O) groups excluding carboxylic acids is 2. The number of rotatable bonds is 14. The molecule has 1 heterocycles. The van der Waals surface area contributed by atoms with E-state index < -0.39 is 41.8 Å². The van der Waals surface area contributed by atoms with Gasteiger partial charge in [-0.1, -0.05) is 44.2 Å². The van der Waals surface area contributed by atoms with Gasteiger partial charge in [-0.15, -0.1) is 0 Å². The summed E-state index contributed by atoms with van der Waals surface area (Å²) in [6.07, 6.45) is 0. The molecule has 344 valence electrons. The molecule has 5 aromatic carbocycles. The van der Waals surface area contributed by atoms with Gasteiger partial charge >= 0.3 is 41.8 Å². The van der Waals surface area contributed by atoms with Gasteiger partial charge in [0.1, 0.15) is 24.7 Å². The van der Waals surface area contributed by atoms with E-state index in [9.17, 15) is 33.6 Å². The van der Waals surface area contributed by atoms with E-state index in [2.05, 4.69) is 18.6 Å². The van der Waals surface area contributed by atoms with Crippen LogP contribution in [-0.4, -0.2) is 127 Å². The van der Waals surface area contributed by atoms with Gasteiger partial charge in [0.15, 0.2) is 0 Å². The number of cyclic esters (lactones) is 2. The number of benzene rings is 5. The second-order valence-electron chi connectivity index (χ2n) is 13.4. The molecule has 0 amide bonds. The maximum absolute atomic E-state index is 11.0. The van der Waals surface area contributed by atoms with E-state index in [4.69, 9.17) is 55.4 Å². The second-order valence-corrected chi connectivity index (χ2v) is 13.4. The fourth-order valence-corrected chi connectivity index (χ4v) is 5.19. The van der Waals surface area contributed by atoms with Crippen molar-refractivity contribution in [3.05, 3.63) is 165 Å². The summed E-state index contributed by atoms with van der Waals surface area (Å²) >= 11 is 0. The van der Waals surface area contributed by atoms with E-state index in [0.717, 1.165) is 23.6 Å². The molecule has 1 aliphatic heterocycles. The Kier molecular flexibility index (Phi) is 21.7. The van der Waals surface area contributed by atoms with Gasteiger partial charge < -0.3 is 60.2 Å². The zero-order chi connectivity index (χ0) is 48.7. The van der Waals surface area contributed by atoms with Gasteiger partial charge in [0.25, 0.3) is 0 Å². The molecule has 1 aliphatic rings. The minimum atomic E-state index is -1.15. The molecule has 0 bridgehead atoms. The summed E-state index contributed by atoms with van der Waals surface area (Å²) < 4.78 is 15.1. The SMILES string of the molecule is CC(C)(c1ccc(OCCO)cc1)c1ccc(OCCO)cc1.O=C(O)c1ccc(C(=O)O)cc1.O=C(O)c1ccc2c(c1)C(=O)OC2=O.O=C(O)c1cccc(C(=O)O)c1.OCCO. The Morgan fingerprint density at radius 3 is 1.12 bits per heavy atom. The number of fused-ring (bicyclic) bond motifs is 1. The second kappa shape index (κ2) is 26.5. The first-order valence-corrected chi connectivity index (χ1v) is 19.0. The van der Waals surface area contributed by atoms with E-state index in [1.807, 2.05) is 48.5 Å². The van der Waals surface area contributed by atoms with E-state index in [1.165, 1.54) is 65.7 Å². The summed E-state index contributed by atoms with van der Waals surface area (Å²) in [7, 11) is 0. The fourth-order valence-electron chi connectivity index (χ4n) is 5.19. The molecule has 0 aliphatic carbocycles. The zero-order valence-electron chi connectivity index (χ0n) is 34.8. The first kappa shape index (κ1) is 53.2. The van der Waals surface area contributed by atoms with Crippen LogP contribution in [0.15, 0.2) is 115 Å².